The molecule has 2 rings (SSSR count). The molecule has 0 atom stereocenters. The number of rotatable bonds is 5. The molecule has 1 aromatic heterocycles. The Morgan fingerprint density at radius 1 is 1.20 bits per heavy atom. The van der Waals surface area contributed by atoms with Crippen molar-refractivity contribution in [1.82, 2.24) is 20.2 Å². The second-order valence-corrected chi connectivity index (χ2v) is 5.29. The first-order valence-electron chi connectivity index (χ1n) is 6.92. The Morgan fingerprint density at radius 2 is 1.85 bits per heavy atom. The van der Waals surface area contributed by atoms with Crippen molar-refractivity contribution >= 4 is 17.3 Å². The van der Waals surface area contributed by atoms with Gasteiger partial charge in [0, 0.05) is 5.56 Å². The van der Waals surface area contributed by atoms with Crippen molar-refractivity contribution in [2.24, 2.45) is 0 Å². The van der Waals surface area contributed by atoms with Gasteiger partial charge in [0.2, 0.25) is 0 Å². The molecule has 0 amide bonds. The number of nitrogens with zero attached hydrogens (tertiary/aromatic N) is 4. The first-order chi connectivity index (χ1) is 9.59. The number of benzene rings is 1. The second kappa shape index (κ2) is 5.79. The maximum atomic E-state index is 6.30. The average Bonchev–Trinajstić information content (AvgIpc) is 2.94. The third-order valence-corrected chi connectivity index (χ3v) is 4.58. The van der Waals surface area contributed by atoms with Crippen molar-refractivity contribution in [3.8, 4) is 11.4 Å². The molecule has 108 valence electrons. The molecular weight excluding hydrogens is 274 g/mol. The molecule has 1 aromatic carbocycles. The number of halogens is 1. The summed E-state index contributed by atoms with van der Waals surface area (Å²) in [6.45, 7) is 6.46. The van der Waals surface area contributed by atoms with E-state index in [0.717, 1.165) is 24.8 Å². The molecule has 20 heavy (non-hydrogen) atoms. The third-order valence-electron chi connectivity index (χ3n) is 4.16. The number of hydrogen-bond acceptors (Lipinski definition) is 4. The highest BCUT2D eigenvalue weighted by Crippen LogP contribution is 2.36. The van der Waals surface area contributed by atoms with Crippen LogP contribution in [0, 0.1) is 0 Å². The molecular formula is C14H20ClN5. The molecule has 0 radical (unpaired) electrons. The standard InChI is InChI=1S/C14H20ClN5/c1-4-14(5-2,6-3)20-13(17-18-19-20)10-8-7-9-11(16)12(10)15/h7-9H,4-6,16H2,1-3H3. The van der Waals surface area contributed by atoms with E-state index < -0.39 is 0 Å². The van der Waals surface area contributed by atoms with E-state index >= 15 is 0 Å². The van der Waals surface area contributed by atoms with Gasteiger partial charge in [0.05, 0.1) is 16.2 Å². The summed E-state index contributed by atoms with van der Waals surface area (Å²) in [4.78, 5) is 0. The summed E-state index contributed by atoms with van der Waals surface area (Å²) < 4.78 is 1.90. The van der Waals surface area contributed by atoms with E-state index in [1.165, 1.54) is 0 Å². The van der Waals surface area contributed by atoms with E-state index in [1.807, 2.05) is 16.8 Å². The highest BCUT2D eigenvalue weighted by atomic mass is 35.5. The largest absolute Gasteiger partial charge is 0.398 e. The quantitative estimate of drug-likeness (QED) is 0.857. The Labute approximate surface area is 124 Å². The molecule has 0 aliphatic carbocycles. The number of hydrogen-bond donors (Lipinski definition) is 1. The van der Waals surface area contributed by atoms with E-state index in [-0.39, 0.29) is 5.54 Å². The van der Waals surface area contributed by atoms with Crippen LogP contribution in [0.4, 0.5) is 5.69 Å². The second-order valence-electron chi connectivity index (χ2n) is 4.91. The highest BCUT2D eigenvalue weighted by molar-refractivity contribution is 6.35. The van der Waals surface area contributed by atoms with Crippen molar-refractivity contribution in [3.05, 3.63) is 23.2 Å². The molecule has 0 aliphatic rings. The summed E-state index contributed by atoms with van der Waals surface area (Å²) in [5, 5.41) is 12.7. The Morgan fingerprint density at radius 3 is 2.45 bits per heavy atom. The van der Waals surface area contributed by atoms with Gasteiger partial charge < -0.3 is 5.73 Å². The molecule has 2 aromatic rings. The first-order valence-corrected chi connectivity index (χ1v) is 7.30. The minimum atomic E-state index is -0.0905. The van der Waals surface area contributed by atoms with Gasteiger partial charge in [0.15, 0.2) is 5.82 Å². The zero-order valence-electron chi connectivity index (χ0n) is 12.1. The molecule has 2 N–H and O–H groups in total. The molecule has 0 saturated heterocycles. The molecule has 0 spiro atoms. The molecule has 0 fully saturated rings. The highest BCUT2D eigenvalue weighted by Gasteiger charge is 2.31. The van der Waals surface area contributed by atoms with Crippen molar-refractivity contribution in [3.63, 3.8) is 0 Å². The van der Waals surface area contributed by atoms with Crippen LogP contribution in [0.1, 0.15) is 40.0 Å². The van der Waals surface area contributed by atoms with Gasteiger partial charge in [-0.25, -0.2) is 4.68 Å². The Bertz CT molecular complexity index is 581. The van der Waals surface area contributed by atoms with Crippen LogP contribution in [-0.2, 0) is 5.54 Å². The fourth-order valence-corrected chi connectivity index (χ4v) is 2.81. The SMILES string of the molecule is CCC(CC)(CC)n1nnnc1-c1cccc(N)c1Cl. The minimum Gasteiger partial charge on any atom is -0.398 e. The van der Waals surface area contributed by atoms with E-state index in [0.29, 0.717) is 16.5 Å². The van der Waals surface area contributed by atoms with Gasteiger partial charge in [-0.3, -0.25) is 0 Å². The van der Waals surface area contributed by atoms with Crippen LogP contribution in [0.2, 0.25) is 5.02 Å². The first kappa shape index (κ1) is 14.8. The van der Waals surface area contributed by atoms with Crippen LogP contribution in [0.15, 0.2) is 18.2 Å². The van der Waals surface area contributed by atoms with E-state index in [1.54, 1.807) is 6.07 Å². The molecule has 1 heterocycles. The van der Waals surface area contributed by atoms with Crippen LogP contribution in [0.25, 0.3) is 11.4 Å². The summed E-state index contributed by atoms with van der Waals surface area (Å²) in [5.74, 6) is 0.674. The topological polar surface area (TPSA) is 69.6 Å². The van der Waals surface area contributed by atoms with Crippen molar-refractivity contribution in [2.45, 2.75) is 45.6 Å². The van der Waals surface area contributed by atoms with Gasteiger partial charge in [-0.05, 0) is 41.8 Å². The van der Waals surface area contributed by atoms with Gasteiger partial charge in [0.1, 0.15) is 0 Å². The van der Waals surface area contributed by atoms with Crippen molar-refractivity contribution < 1.29 is 0 Å². The zero-order valence-corrected chi connectivity index (χ0v) is 12.9. The van der Waals surface area contributed by atoms with Crippen LogP contribution in [0.5, 0.6) is 0 Å². The lowest BCUT2D eigenvalue weighted by atomic mass is 9.89. The number of aromatic nitrogens is 4. The smallest absolute Gasteiger partial charge is 0.184 e. The molecule has 0 saturated carbocycles. The van der Waals surface area contributed by atoms with Gasteiger partial charge in [0.25, 0.3) is 0 Å². The summed E-state index contributed by atoms with van der Waals surface area (Å²) in [6.07, 6.45) is 2.87. The molecule has 5 nitrogen and oxygen atoms in total. The predicted octanol–water partition coefficient (Wildman–Crippen LogP) is 3.50. The summed E-state index contributed by atoms with van der Waals surface area (Å²) in [5.41, 5.74) is 7.09. The number of nitrogen functional groups attached to an aromatic ring is 1. The van der Waals surface area contributed by atoms with Crippen LogP contribution < -0.4 is 5.73 Å². The van der Waals surface area contributed by atoms with Crippen molar-refractivity contribution in [2.75, 3.05) is 5.73 Å². The van der Waals surface area contributed by atoms with E-state index in [2.05, 4.69) is 36.3 Å². The number of anilines is 1. The molecule has 6 heteroatoms. The molecule has 0 unspecified atom stereocenters. The van der Waals surface area contributed by atoms with Crippen LogP contribution >= 0.6 is 11.6 Å². The van der Waals surface area contributed by atoms with E-state index in [4.69, 9.17) is 17.3 Å². The van der Waals surface area contributed by atoms with Gasteiger partial charge in [-0.2, -0.15) is 0 Å². The number of nitrogens with two attached hydrogens (primary N) is 1. The zero-order chi connectivity index (χ0) is 14.8. The van der Waals surface area contributed by atoms with Gasteiger partial charge in [-0.15, -0.1) is 5.10 Å². The third kappa shape index (κ3) is 2.26. The lowest BCUT2D eigenvalue weighted by Crippen LogP contribution is -2.33. The van der Waals surface area contributed by atoms with Gasteiger partial charge >= 0.3 is 0 Å². The summed E-state index contributed by atoms with van der Waals surface area (Å²) in [7, 11) is 0. The Balaban J connectivity index is 2.61. The van der Waals surface area contributed by atoms with Crippen LogP contribution in [0.3, 0.4) is 0 Å². The predicted molar refractivity (Wildman–Crippen MR) is 81.5 cm³/mol. The summed E-state index contributed by atoms with van der Waals surface area (Å²) >= 11 is 6.30. The maximum absolute atomic E-state index is 6.30. The Hall–Kier alpha value is -1.62. The molecule has 0 bridgehead atoms. The molecule has 0 aliphatic heterocycles. The average molecular weight is 294 g/mol. The van der Waals surface area contributed by atoms with Crippen molar-refractivity contribution in [1.29, 1.82) is 0 Å². The minimum absolute atomic E-state index is 0.0905. The normalized spacial score (nSPS) is 11.8. The van der Waals surface area contributed by atoms with E-state index in [9.17, 15) is 0 Å². The lowest BCUT2D eigenvalue weighted by Gasteiger charge is -2.31. The monoisotopic (exact) mass is 293 g/mol. The van der Waals surface area contributed by atoms with Gasteiger partial charge in [-0.1, -0.05) is 38.4 Å². The maximum Gasteiger partial charge on any atom is 0.184 e. The fourth-order valence-electron chi connectivity index (χ4n) is 2.60. The fraction of sp³-hybridized carbons (Fsp3) is 0.500. The van der Waals surface area contributed by atoms with Crippen LogP contribution in [-0.4, -0.2) is 20.2 Å². The lowest BCUT2D eigenvalue weighted by molar-refractivity contribution is 0.223. The number of tetrazole rings is 1. The summed E-state index contributed by atoms with van der Waals surface area (Å²) in [6, 6.07) is 5.53. The Kier molecular flexibility index (Phi) is 4.28.